The Bertz CT molecular complexity index is 483. The van der Waals surface area contributed by atoms with E-state index in [1.54, 1.807) is 11.9 Å². The highest BCUT2D eigenvalue weighted by Crippen LogP contribution is 2.16. The van der Waals surface area contributed by atoms with Crippen LogP contribution in [-0.4, -0.2) is 53.2 Å². The Hall–Kier alpha value is -1.95. The molecule has 0 aliphatic carbocycles. The first kappa shape index (κ1) is 13.5. The van der Waals surface area contributed by atoms with Gasteiger partial charge in [-0.1, -0.05) is 0 Å². The molecule has 0 atom stereocenters. The lowest BCUT2D eigenvalue weighted by Crippen LogP contribution is -2.41. The zero-order valence-electron chi connectivity index (χ0n) is 10.7. The van der Waals surface area contributed by atoms with Crippen molar-refractivity contribution in [1.29, 1.82) is 0 Å². The van der Waals surface area contributed by atoms with Gasteiger partial charge < -0.3 is 14.7 Å². The molecule has 1 aliphatic heterocycles. The lowest BCUT2D eigenvalue weighted by atomic mass is 10.1. The molecule has 1 aromatic rings. The molecule has 1 aliphatic rings. The molecule has 6 heteroatoms. The van der Waals surface area contributed by atoms with Gasteiger partial charge in [0.1, 0.15) is 5.69 Å². The lowest BCUT2D eigenvalue weighted by Gasteiger charge is -2.31. The Morgan fingerprint density at radius 3 is 2.74 bits per heavy atom. The van der Waals surface area contributed by atoms with Crippen LogP contribution in [0.25, 0.3) is 0 Å². The van der Waals surface area contributed by atoms with Crippen LogP contribution in [0.15, 0.2) is 18.3 Å². The number of amides is 1. The first-order valence-electron chi connectivity index (χ1n) is 6.14. The van der Waals surface area contributed by atoms with Gasteiger partial charge in [0.25, 0.3) is 5.91 Å². The molecule has 19 heavy (non-hydrogen) atoms. The van der Waals surface area contributed by atoms with Crippen LogP contribution in [-0.2, 0) is 4.74 Å². The number of aromatic nitrogens is 1. The molecule has 1 saturated heterocycles. The summed E-state index contributed by atoms with van der Waals surface area (Å²) in [5.74, 6) is -1.50. The second-order valence-corrected chi connectivity index (χ2v) is 4.46. The summed E-state index contributed by atoms with van der Waals surface area (Å²) in [6.07, 6.45) is 2.95. The van der Waals surface area contributed by atoms with Crippen molar-refractivity contribution in [3.63, 3.8) is 0 Å². The fourth-order valence-corrected chi connectivity index (χ4v) is 2.15. The molecule has 1 amide bonds. The normalized spacial score (nSPS) is 16.1. The second kappa shape index (κ2) is 5.79. The Balaban J connectivity index is 2.21. The maximum absolute atomic E-state index is 12.3. The number of carbonyl (C=O) groups is 2. The molecule has 0 aromatic carbocycles. The van der Waals surface area contributed by atoms with Crippen molar-refractivity contribution in [1.82, 2.24) is 9.88 Å². The first-order valence-corrected chi connectivity index (χ1v) is 6.14. The summed E-state index contributed by atoms with van der Waals surface area (Å²) in [5, 5.41) is 9.08. The maximum Gasteiger partial charge on any atom is 0.338 e. The number of carbonyl (C=O) groups excluding carboxylic acids is 1. The quantitative estimate of drug-likeness (QED) is 0.882. The van der Waals surface area contributed by atoms with Gasteiger partial charge in [0.2, 0.25) is 0 Å². The predicted octanol–water partition coefficient (Wildman–Crippen LogP) is 1.03. The van der Waals surface area contributed by atoms with Crippen LogP contribution in [0.5, 0.6) is 0 Å². The summed E-state index contributed by atoms with van der Waals surface area (Å²) in [7, 11) is 1.68. The SMILES string of the molecule is CN(C(=O)c1ncccc1C(=O)O)C1CCOCC1. The average molecular weight is 264 g/mol. The van der Waals surface area contributed by atoms with E-state index in [1.807, 2.05) is 0 Å². The van der Waals surface area contributed by atoms with Gasteiger partial charge in [-0.15, -0.1) is 0 Å². The topological polar surface area (TPSA) is 79.7 Å². The smallest absolute Gasteiger partial charge is 0.338 e. The van der Waals surface area contributed by atoms with Crippen molar-refractivity contribution in [3.8, 4) is 0 Å². The van der Waals surface area contributed by atoms with E-state index in [1.165, 1.54) is 18.3 Å². The zero-order chi connectivity index (χ0) is 13.8. The first-order chi connectivity index (χ1) is 9.11. The van der Waals surface area contributed by atoms with Crippen molar-refractivity contribution < 1.29 is 19.4 Å². The summed E-state index contributed by atoms with van der Waals surface area (Å²) in [6, 6.07) is 2.97. The molecule has 1 aromatic heterocycles. The number of hydrogen-bond acceptors (Lipinski definition) is 4. The Kier molecular flexibility index (Phi) is 4.11. The largest absolute Gasteiger partial charge is 0.478 e. The third-order valence-electron chi connectivity index (χ3n) is 3.30. The van der Waals surface area contributed by atoms with Gasteiger partial charge in [-0.05, 0) is 25.0 Å². The molecule has 1 fully saturated rings. The zero-order valence-corrected chi connectivity index (χ0v) is 10.7. The fourth-order valence-electron chi connectivity index (χ4n) is 2.15. The van der Waals surface area contributed by atoms with E-state index in [0.717, 1.165) is 12.8 Å². The van der Waals surface area contributed by atoms with Crippen LogP contribution >= 0.6 is 0 Å². The molecule has 0 unspecified atom stereocenters. The fraction of sp³-hybridized carbons (Fsp3) is 0.462. The number of carboxylic acid groups (broad SMARTS) is 1. The number of aromatic carboxylic acids is 1. The van der Waals surface area contributed by atoms with Gasteiger partial charge >= 0.3 is 5.97 Å². The van der Waals surface area contributed by atoms with Crippen molar-refractivity contribution in [2.45, 2.75) is 18.9 Å². The van der Waals surface area contributed by atoms with Gasteiger partial charge in [0.05, 0.1) is 5.56 Å². The Morgan fingerprint density at radius 2 is 2.11 bits per heavy atom. The minimum Gasteiger partial charge on any atom is -0.478 e. The summed E-state index contributed by atoms with van der Waals surface area (Å²) in [6.45, 7) is 1.24. The average Bonchev–Trinajstić information content (AvgIpc) is 2.46. The Morgan fingerprint density at radius 1 is 1.42 bits per heavy atom. The highest BCUT2D eigenvalue weighted by atomic mass is 16.5. The molecular weight excluding hydrogens is 248 g/mol. The van der Waals surface area contributed by atoms with E-state index < -0.39 is 5.97 Å². The van der Waals surface area contributed by atoms with Crippen LogP contribution in [0.4, 0.5) is 0 Å². The van der Waals surface area contributed by atoms with E-state index in [4.69, 9.17) is 9.84 Å². The lowest BCUT2D eigenvalue weighted by molar-refractivity contribution is 0.0355. The number of ether oxygens (including phenoxy) is 1. The molecule has 0 saturated carbocycles. The molecule has 1 N–H and O–H groups in total. The molecule has 0 bridgehead atoms. The number of carboxylic acids is 1. The number of rotatable bonds is 3. The third-order valence-corrected chi connectivity index (χ3v) is 3.30. The molecular formula is C13H16N2O4. The van der Waals surface area contributed by atoms with Crippen LogP contribution < -0.4 is 0 Å². The van der Waals surface area contributed by atoms with Gasteiger partial charge in [-0.3, -0.25) is 9.78 Å². The predicted molar refractivity (Wildman–Crippen MR) is 67.1 cm³/mol. The van der Waals surface area contributed by atoms with Crippen LogP contribution in [0.3, 0.4) is 0 Å². The number of hydrogen-bond donors (Lipinski definition) is 1. The molecule has 0 radical (unpaired) electrons. The minimum atomic E-state index is -1.14. The molecule has 102 valence electrons. The summed E-state index contributed by atoms with van der Waals surface area (Å²) < 4.78 is 5.25. The summed E-state index contributed by atoms with van der Waals surface area (Å²) in [4.78, 5) is 28.9. The van der Waals surface area contributed by atoms with E-state index in [9.17, 15) is 9.59 Å². The minimum absolute atomic E-state index is 0.0102. The number of nitrogens with zero attached hydrogens (tertiary/aromatic N) is 2. The van der Waals surface area contributed by atoms with Crippen molar-refractivity contribution >= 4 is 11.9 Å². The van der Waals surface area contributed by atoms with Gasteiger partial charge in [0, 0.05) is 32.5 Å². The maximum atomic E-state index is 12.3. The highest BCUT2D eigenvalue weighted by Gasteiger charge is 2.27. The van der Waals surface area contributed by atoms with Gasteiger partial charge in [0.15, 0.2) is 0 Å². The molecule has 2 rings (SSSR count). The van der Waals surface area contributed by atoms with E-state index in [-0.39, 0.29) is 23.2 Å². The van der Waals surface area contributed by atoms with Crippen LogP contribution in [0, 0.1) is 0 Å². The summed E-state index contributed by atoms with van der Waals surface area (Å²) >= 11 is 0. The highest BCUT2D eigenvalue weighted by molar-refractivity contribution is 6.03. The summed E-state index contributed by atoms with van der Waals surface area (Å²) in [5.41, 5.74) is -0.0737. The molecule has 6 nitrogen and oxygen atoms in total. The van der Waals surface area contributed by atoms with E-state index in [0.29, 0.717) is 13.2 Å². The van der Waals surface area contributed by atoms with E-state index in [2.05, 4.69) is 4.98 Å². The van der Waals surface area contributed by atoms with E-state index >= 15 is 0 Å². The van der Waals surface area contributed by atoms with Crippen LogP contribution in [0.1, 0.15) is 33.7 Å². The van der Waals surface area contributed by atoms with Gasteiger partial charge in [-0.2, -0.15) is 0 Å². The monoisotopic (exact) mass is 264 g/mol. The second-order valence-electron chi connectivity index (χ2n) is 4.46. The molecule has 0 spiro atoms. The van der Waals surface area contributed by atoms with Crippen molar-refractivity contribution in [2.75, 3.05) is 20.3 Å². The number of pyridine rings is 1. The van der Waals surface area contributed by atoms with Gasteiger partial charge in [-0.25, -0.2) is 4.79 Å². The third kappa shape index (κ3) is 2.90. The van der Waals surface area contributed by atoms with Crippen molar-refractivity contribution in [3.05, 3.63) is 29.6 Å². The molecule has 2 heterocycles. The van der Waals surface area contributed by atoms with Crippen LogP contribution in [0.2, 0.25) is 0 Å². The standard InChI is InChI=1S/C13H16N2O4/c1-15(9-4-7-19-8-5-9)12(16)11-10(13(17)18)3-2-6-14-11/h2-3,6,9H,4-5,7-8H2,1H3,(H,17,18). The Labute approximate surface area is 111 Å². The van der Waals surface area contributed by atoms with Crippen molar-refractivity contribution in [2.24, 2.45) is 0 Å².